The van der Waals surface area contributed by atoms with Gasteiger partial charge < -0.3 is 14.5 Å². The van der Waals surface area contributed by atoms with Crippen LogP contribution in [0, 0.1) is 0 Å². The Labute approximate surface area is 149 Å². The number of carbonyl (C=O) groups excluding carboxylic acids is 1. The van der Waals surface area contributed by atoms with Crippen molar-refractivity contribution < 1.29 is 4.79 Å². The second kappa shape index (κ2) is 6.33. The monoisotopic (exact) mass is 344 g/mol. The maximum absolute atomic E-state index is 12.8. The Morgan fingerprint density at radius 3 is 2.46 bits per heavy atom. The van der Waals surface area contributed by atoms with Crippen LogP contribution in [0.2, 0.25) is 0 Å². The molecule has 0 bridgehead atoms. The lowest BCUT2D eigenvalue weighted by molar-refractivity contribution is 0.102. The molecule has 4 aromatic rings. The van der Waals surface area contributed by atoms with Gasteiger partial charge >= 0.3 is 0 Å². The zero-order valence-corrected chi connectivity index (χ0v) is 14.1. The van der Waals surface area contributed by atoms with Gasteiger partial charge in [-0.1, -0.05) is 24.3 Å². The van der Waals surface area contributed by atoms with E-state index in [1.807, 2.05) is 59.4 Å². The minimum absolute atomic E-state index is 0.0125. The highest BCUT2D eigenvalue weighted by Crippen LogP contribution is 2.17. The molecule has 4 rings (SSSR count). The van der Waals surface area contributed by atoms with Crippen LogP contribution < -0.4 is 10.9 Å². The van der Waals surface area contributed by atoms with E-state index in [0.717, 1.165) is 5.69 Å². The predicted molar refractivity (Wildman–Crippen MR) is 101 cm³/mol. The van der Waals surface area contributed by atoms with Gasteiger partial charge in [0.15, 0.2) is 5.82 Å². The van der Waals surface area contributed by atoms with Gasteiger partial charge in [0, 0.05) is 19.4 Å². The van der Waals surface area contributed by atoms with Crippen LogP contribution in [0.15, 0.2) is 77.9 Å². The molecule has 1 amide bonds. The van der Waals surface area contributed by atoms with Crippen molar-refractivity contribution in [1.82, 2.24) is 14.1 Å². The van der Waals surface area contributed by atoms with Crippen molar-refractivity contribution in [3.63, 3.8) is 0 Å². The van der Waals surface area contributed by atoms with Crippen molar-refractivity contribution in [2.45, 2.75) is 0 Å². The van der Waals surface area contributed by atoms with Gasteiger partial charge in [0.1, 0.15) is 0 Å². The molecular weight excluding hydrogens is 328 g/mol. The van der Waals surface area contributed by atoms with Crippen molar-refractivity contribution in [2.24, 2.45) is 7.05 Å². The minimum Gasteiger partial charge on any atom is -0.323 e. The number of amides is 1. The van der Waals surface area contributed by atoms with Gasteiger partial charge in [-0.15, -0.1) is 0 Å². The zero-order valence-electron chi connectivity index (χ0n) is 14.1. The second-order valence-electron chi connectivity index (χ2n) is 5.87. The molecule has 0 radical (unpaired) electrons. The quantitative estimate of drug-likeness (QED) is 0.621. The van der Waals surface area contributed by atoms with Crippen molar-refractivity contribution in [3.8, 4) is 5.69 Å². The van der Waals surface area contributed by atoms with Crippen LogP contribution in [0.3, 0.4) is 0 Å². The number of carbonyl (C=O) groups is 1. The summed E-state index contributed by atoms with van der Waals surface area (Å²) < 4.78 is 3.33. The standard InChI is InChI=1S/C20H16N4O2/c1-23-17-11-5-3-9-15(17)21-18(20(23)26)22-19(25)14-8-2-4-10-16(14)24-12-6-7-13-24/h2-13H,1H3,(H,21,22,25). The third-order valence-corrected chi connectivity index (χ3v) is 4.25. The number of nitrogens with one attached hydrogen (secondary N) is 1. The number of para-hydroxylation sites is 3. The number of hydrogen-bond acceptors (Lipinski definition) is 3. The fraction of sp³-hybridized carbons (Fsp3) is 0.0500. The Hall–Kier alpha value is -3.67. The molecule has 6 nitrogen and oxygen atoms in total. The van der Waals surface area contributed by atoms with Crippen LogP contribution in [0.5, 0.6) is 0 Å². The van der Waals surface area contributed by atoms with Crippen LogP contribution in [-0.2, 0) is 7.05 Å². The number of fused-ring (bicyclic) bond motifs is 1. The van der Waals surface area contributed by atoms with Gasteiger partial charge in [-0.3, -0.25) is 9.59 Å². The fourth-order valence-electron chi connectivity index (χ4n) is 2.92. The van der Waals surface area contributed by atoms with E-state index in [1.54, 1.807) is 25.2 Å². The molecule has 0 saturated heterocycles. The predicted octanol–water partition coefficient (Wildman–Crippen LogP) is 2.98. The van der Waals surface area contributed by atoms with Gasteiger partial charge in [0.2, 0.25) is 0 Å². The smallest absolute Gasteiger partial charge is 0.293 e. The first-order valence-electron chi connectivity index (χ1n) is 8.14. The van der Waals surface area contributed by atoms with E-state index >= 15 is 0 Å². The second-order valence-corrected chi connectivity index (χ2v) is 5.87. The topological polar surface area (TPSA) is 68.9 Å². The van der Waals surface area contributed by atoms with E-state index in [1.165, 1.54) is 4.57 Å². The highest BCUT2D eigenvalue weighted by molar-refractivity contribution is 6.06. The number of benzene rings is 2. The molecule has 0 aliphatic carbocycles. The molecule has 0 atom stereocenters. The molecule has 0 spiro atoms. The van der Waals surface area contributed by atoms with Gasteiger partial charge in [0.05, 0.1) is 22.3 Å². The summed E-state index contributed by atoms with van der Waals surface area (Å²) in [5.41, 5.74) is 2.19. The first kappa shape index (κ1) is 15.8. The highest BCUT2D eigenvalue weighted by atomic mass is 16.2. The van der Waals surface area contributed by atoms with Gasteiger partial charge in [-0.05, 0) is 36.4 Å². The van der Waals surface area contributed by atoms with Crippen LogP contribution >= 0.6 is 0 Å². The van der Waals surface area contributed by atoms with E-state index in [2.05, 4.69) is 10.3 Å². The van der Waals surface area contributed by atoms with E-state index in [0.29, 0.717) is 16.6 Å². The summed E-state index contributed by atoms with van der Waals surface area (Å²) in [6.45, 7) is 0. The lowest BCUT2D eigenvalue weighted by Gasteiger charge is -2.12. The van der Waals surface area contributed by atoms with Crippen LogP contribution in [0.1, 0.15) is 10.4 Å². The maximum atomic E-state index is 12.8. The van der Waals surface area contributed by atoms with Gasteiger partial charge in [-0.25, -0.2) is 4.98 Å². The Balaban J connectivity index is 1.76. The fourth-order valence-corrected chi connectivity index (χ4v) is 2.92. The van der Waals surface area contributed by atoms with E-state index in [-0.39, 0.29) is 17.3 Å². The van der Waals surface area contributed by atoms with E-state index in [9.17, 15) is 9.59 Å². The molecule has 0 aliphatic heterocycles. The Bertz CT molecular complexity index is 1160. The Kier molecular flexibility index (Phi) is 3.85. The molecule has 2 aromatic carbocycles. The van der Waals surface area contributed by atoms with Gasteiger partial charge in [-0.2, -0.15) is 0 Å². The molecule has 6 heteroatoms. The van der Waals surface area contributed by atoms with Crippen LogP contribution in [0.4, 0.5) is 5.82 Å². The van der Waals surface area contributed by atoms with E-state index in [4.69, 9.17) is 0 Å². The molecule has 0 saturated carbocycles. The first-order valence-corrected chi connectivity index (χ1v) is 8.14. The summed E-state index contributed by atoms with van der Waals surface area (Å²) in [7, 11) is 1.66. The molecular formula is C20H16N4O2. The van der Waals surface area contributed by atoms with Crippen molar-refractivity contribution >= 4 is 22.8 Å². The maximum Gasteiger partial charge on any atom is 0.293 e. The average Bonchev–Trinajstić information content (AvgIpc) is 3.20. The lowest BCUT2D eigenvalue weighted by atomic mass is 10.1. The summed E-state index contributed by atoms with van der Waals surface area (Å²) in [6.07, 6.45) is 3.72. The molecule has 128 valence electrons. The van der Waals surface area contributed by atoms with Crippen molar-refractivity contribution in [3.05, 3.63) is 89.0 Å². The largest absolute Gasteiger partial charge is 0.323 e. The number of aromatic nitrogens is 3. The summed E-state index contributed by atoms with van der Waals surface area (Å²) in [5.74, 6) is -0.368. The number of anilines is 1. The number of nitrogens with zero attached hydrogens (tertiary/aromatic N) is 3. The molecule has 2 aromatic heterocycles. The lowest BCUT2D eigenvalue weighted by Crippen LogP contribution is -2.26. The minimum atomic E-state index is -0.380. The van der Waals surface area contributed by atoms with Gasteiger partial charge in [0.25, 0.3) is 11.5 Å². The summed E-state index contributed by atoms with van der Waals surface area (Å²) in [6, 6.07) is 18.3. The zero-order chi connectivity index (χ0) is 18.1. The SMILES string of the molecule is Cn1c(=O)c(NC(=O)c2ccccc2-n2cccc2)nc2ccccc21. The van der Waals surface area contributed by atoms with E-state index < -0.39 is 0 Å². The normalized spacial score (nSPS) is 10.8. The highest BCUT2D eigenvalue weighted by Gasteiger charge is 2.16. The number of aryl methyl sites for hydroxylation is 1. The first-order chi connectivity index (χ1) is 12.6. The number of rotatable bonds is 3. The molecule has 26 heavy (non-hydrogen) atoms. The molecule has 0 fully saturated rings. The third kappa shape index (κ3) is 2.67. The average molecular weight is 344 g/mol. The molecule has 2 heterocycles. The third-order valence-electron chi connectivity index (χ3n) is 4.25. The molecule has 0 unspecified atom stereocenters. The van der Waals surface area contributed by atoms with Crippen LogP contribution in [0.25, 0.3) is 16.7 Å². The Morgan fingerprint density at radius 2 is 1.65 bits per heavy atom. The molecule has 1 N–H and O–H groups in total. The van der Waals surface area contributed by atoms with Crippen molar-refractivity contribution in [1.29, 1.82) is 0 Å². The summed E-state index contributed by atoms with van der Waals surface area (Å²) >= 11 is 0. The Morgan fingerprint density at radius 1 is 0.962 bits per heavy atom. The van der Waals surface area contributed by atoms with Crippen LogP contribution in [-0.4, -0.2) is 20.0 Å². The molecule has 0 aliphatic rings. The summed E-state index contributed by atoms with van der Waals surface area (Å²) in [5, 5.41) is 2.67. The number of hydrogen-bond donors (Lipinski definition) is 1. The van der Waals surface area contributed by atoms with Crippen molar-refractivity contribution in [2.75, 3.05) is 5.32 Å². The summed E-state index contributed by atoms with van der Waals surface area (Å²) in [4.78, 5) is 29.7.